The summed E-state index contributed by atoms with van der Waals surface area (Å²) in [4.78, 5) is 27.2. The normalized spacial score (nSPS) is 19.8. The Labute approximate surface area is 138 Å². The maximum Gasteiger partial charge on any atom is 0.416 e. The molecule has 1 saturated carbocycles. The van der Waals surface area contributed by atoms with Crippen molar-refractivity contribution in [2.24, 2.45) is 11.7 Å². The van der Waals surface area contributed by atoms with E-state index in [1.54, 1.807) is 0 Å². The van der Waals surface area contributed by atoms with Crippen LogP contribution in [0.4, 0.5) is 18.3 Å². The minimum absolute atomic E-state index is 0.127. The fraction of sp³-hybridized carbons (Fsp3) is 0.267. The number of nitrogens with two attached hydrogens (primary N) is 1. The number of carbonyl (C=O) groups excluding carboxylic acids is 2. The van der Waals surface area contributed by atoms with Crippen LogP contribution in [0.25, 0.3) is 0 Å². The first-order chi connectivity index (χ1) is 11.3. The standard InChI is InChI=1S/C15H12F3N3O2S/c16-15(17,18)10-4-2-1-3-7(10)8-5-9(8)13(23)21-14-20-6-11(24-14)12(19)22/h1-4,6,8-9H,5H2,(H2,19,22)(H,20,21,23)/t8-,9+/m1/s1. The van der Waals surface area contributed by atoms with Crippen LogP contribution in [-0.4, -0.2) is 16.8 Å². The molecule has 126 valence electrons. The average molecular weight is 355 g/mol. The van der Waals surface area contributed by atoms with Gasteiger partial charge in [0.2, 0.25) is 5.91 Å². The molecule has 0 saturated heterocycles. The molecule has 0 radical (unpaired) electrons. The highest BCUT2D eigenvalue weighted by Gasteiger charge is 2.48. The number of hydrogen-bond donors (Lipinski definition) is 2. The fourth-order valence-corrected chi connectivity index (χ4v) is 3.22. The molecule has 1 aliphatic carbocycles. The predicted molar refractivity (Wildman–Crippen MR) is 81.6 cm³/mol. The average Bonchev–Trinajstić information content (AvgIpc) is 3.18. The quantitative estimate of drug-likeness (QED) is 0.884. The Balaban J connectivity index is 1.71. The highest BCUT2D eigenvalue weighted by atomic mass is 32.1. The van der Waals surface area contributed by atoms with Gasteiger partial charge in [0.05, 0.1) is 11.8 Å². The number of thiazole rings is 1. The van der Waals surface area contributed by atoms with E-state index >= 15 is 0 Å². The fourth-order valence-electron chi connectivity index (χ4n) is 2.55. The van der Waals surface area contributed by atoms with Gasteiger partial charge in [-0.15, -0.1) is 0 Å². The molecule has 3 N–H and O–H groups in total. The monoisotopic (exact) mass is 355 g/mol. The van der Waals surface area contributed by atoms with Gasteiger partial charge in [-0.25, -0.2) is 4.98 Å². The van der Waals surface area contributed by atoms with E-state index in [1.807, 2.05) is 0 Å². The lowest BCUT2D eigenvalue weighted by atomic mass is 10.0. The second-order valence-electron chi connectivity index (χ2n) is 5.42. The van der Waals surface area contributed by atoms with Gasteiger partial charge in [-0.05, 0) is 24.0 Å². The summed E-state index contributed by atoms with van der Waals surface area (Å²) in [6, 6.07) is 5.26. The second kappa shape index (κ2) is 5.90. The summed E-state index contributed by atoms with van der Waals surface area (Å²) in [5.74, 6) is -2.09. The van der Waals surface area contributed by atoms with E-state index in [4.69, 9.17) is 5.73 Å². The lowest BCUT2D eigenvalue weighted by Crippen LogP contribution is -2.15. The van der Waals surface area contributed by atoms with Crippen molar-refractivity contribution in [2.75, 3.05) is 5.32 Å². The third-order valence-electron chi connectivity index (χ3n) is 3.77. The largest absolute Gasteiger partial charge is 0.416 e. The van der Waals surface area contributed by atoms with Crippen LogP contribution < -0.4 is 11.1 Å². The number of halogens is 3. The van der Waals surface area contributed by atoms with E-state index in [2.05, 4.69) is 10.3 Å². The summed E-state index contributed by atoms with van der Waals surface area (Å²) in [6.07, 6.45) is -2.87. The van der Waals surface area contributed by atoms with Crippen molar-refractivity contribution < 1.29 is 22.8 Å². The van der Waals surface area contributed by atoms with Gasteiger partial charge >= 0.3 is 6.18 Å². The van der Waals surface area contributed by atoms with Gasteiger partial charge < -0.3 is 11.1 Å². The summed E-state index contributed by atoms with van der Waals surface area (Å²) in [5.41, 5.74) is 4.51. The first kappa shape index (κ1) is 16.4. The van der Waals surface area contributed by atoms with Crippen LogP contribution in [0.3, 0.4) is 0 Å². The third-order valence-corrected chi connectivity index (χ3v) is 4.70. The van der Waals surface area contributed by atoms with E-state index in [-0.39, 0.29) is 15.6 Å². The Bertz CT molecular complexity index is 803. The van der Waals surface area contributed by atoms with Gasteiger partial charge in [-0.3, -0.25) is 9.59 Å². The van der Waals surface area contributed by atoms with Crippen LogP contribution in [0, 0.1) is 5.92 Å². The van der Waals surface area contributed by atoms with Crippen molar-refractivity contribution in [3.05, 3.63) is 46.5 Å². The van der Waals surface area contributed by atoms with Crippen molar-refractivity contribution in [3.8, 4) is 0 Å². The number of hydrogen-bond acceptors (Lipinski definition) is 4. The number of nitrogens with one attached hydrogen (secondary N) is 1. The Hall–Kier alpha value is -2.42. The molecule has 9 heteroatoms. The molecule has 5 nitrogen and oxygen atoms in total. The van der Waals surface area contributed by atoms with Gasteiger partial charge in [0.1, 0.15) is 4.88 Å². The van der Waals surface area contributed by atoms with Crippen molar-refractivity contribution in [2.45, 2.75) is 18.5 Å². The molecule has 1 aromatic heterocycles. The molecule has 2 aromatic rings. The molecule has 0 bridgehead atoms. The molecular formula is C15H12F3N3O2S. The maximum atomic E-state index is 13.0. The smallest absolute Gasteiger partial charge is 0.365 e. The molecule has 0 aliphatic heterocycles. The second-order valence-corrected chi connectivity index (χ2v) is 6.45. The van der Waals surface area contributed by atoms with Gasteiger partial charge in [-0.1, -0.05) is 29.5 Å². The van der Waals surface area contributed by atoms with E-state index < -0.39 is 35.4 Å². The molecule has 2 amide bonds. The van der Waals surface area contributed by atoms with Crippen LogP contribution >= 0.6 is 11.3 Å². The zero-order valence-electron chi connectivity index (χ0n) is 12.1. The molecule has 1 aromatic carbocycles. The topological polar surface area (TPSA) is 85.1 Å². The van der Waals surface area contributed by atoms with Crippen molar-refractivity contribution in [3.63, 3.8) is 0 Å². The molecule has 0 unspecified atom stereocenters. The maximum absolute atomic E-state index is 13.0. The van der Waals surface area contributed by atoms with Gasteiger partial charge in [0.25, 0.3) is 5.91 Å². The summed E-state index contributed by atoms with van der Waals surface area (Å²) >= 11 is 0.921. The molecular weight excluding hydrogens is 343 g/mol. The summed E-state index contributed by atoms with van der Waals surface area (Å²) < 4.78 is 39.1. The predicted octanol–water partition coefficient (Wildman–Crippen LogP) is 3.00. The van der Waals surface area contributed by atoms with Crippen LogP contribution in [-0.2, 0) is 11.0 Å². The number of carbonyl (C=O) groups is 2. The molecule has 2 atom stereocenters. The highest BCUT2D eigenvalue weighted by molar-refractivity contribution is 7.17. The van der Waals surface area contributed by atoms with Crippen molar-refractivity contribution in [1.82, 2.24) is 4.98 Å². The Morgan fingerprint density at radius 1 is 1.29 bits per heavy atom. The number of rotatable bonds is 4. The SMILES string of the molecule is NC(=O)c1cnc(NC(=O)[C@H]2C[C@@H]2c2ccccc2C(F)(F)F)s1. The highest BCUT2D eigenvalue weighted by Crippen LogP contribution is 2.51. The number of nitrogens with zero attached hydrogens (tertiary/aromatic N) is 1. The molecule has 0 spiro atoms. The minimum atomic E-state index is -4.45. The lowest BCUT2D eigenvalue weighted by Gasteiger charge is -2.12. The van der Waals surface area contributed by atoms with Gasteiger partial charge in [0.15, 0.2) is 5.13 Å². The zero-order valence-corrected chi connectivity index (χ0v) is 12.9. The lowest BCUT2D eigenvalue weighted by molar-refractivity contribution is -0.138. The summed E-state index contributed by atoms with van der Waals surface area (Å²) in [5, 5.41) is 2.71. The van der Waals surface area contributed by atoms with Crippen molar-refractivity contribution in [1.29, 1.82) is 0 Å². The zero-order chi connectivity index (χ0) is 17.5. The first-order valence-electron chi connectivity index (χ1n) is 7.00. The minimum Gasteiger partial charge on any atom is -0.365 e. The first-order valence-corrected chi connectivity index (χ1v) is 7.81. The van der Waals surface area contributed by atoms with E-state index in [1.165, 1.54) is 24.4 Å². The van der Waals surface area contributed by atoms with Crippen LogP contribution in [0.5, 0.6) is 0 Å². The molecule has 1 aliphatic rings. The number of aromatic nitrogens is 1. The summed E-state index contributed by atoms with van der Waals surface area (Å²) in [7, 11) is 0. The number of amides is 2. The number of anilines is 1. The van der Waals surface area contributed by atoms with Crippen LogP contribution in [0.1, 0.15) is 33.1 Å². The molecule has 3 rings (SSSR count). The van der Waals surface area contributed by atoms with Crippen LogP contribution in [0.15, 0.2) is 30.5 Å². The van der Waals surface area contributed by atoms with E-state index in [0.29, 0.717) is 6.42 Å². The summed E-state index contributed by atoms with van der Waals surface area (Å²) in [6.45, 7) is 0. The number of benzene rings is 1. The Kier molecular flexibility index (Phi) is 4.04. The Morgan fingerprint density at radius 2 is 2.00 bits per heavy atom. The third kappa shape index (κ3) is 3.25. The Morgan fingerprint density at radius 3 is 2.62 bits per heavy atom. The molecule has 24 heavy (non-hydrogen) atoms. The molecule has 1 fully saturated rings. The van der Waals surface area contributed by atoms with Crippen LogP contribution in [0.2, 0.25) is 0 Å². The van der Waals surface area contributed by atoms with E-state index in [0.717, 1.165) is 17.4 Å². The van der Waals surface area contributed by atoms with Crippen molar-refractivity contribution >= 4 is 28.3 Å². The van der Waals surface area contributed by atoms with Gasteiger partial charge in [-0.2, -0.15) is 13.2 Å². The number of alkyl halides is 3. The van der Waals surface area contributed by atoms with Gasteiger partial charge in [0, 0.05) is 5.92 Å². The van der Waals surface area contributed by atoms with E-state index in [9.17, 15) is 22.8 Å². The molecule has 1 heterocycles. The number of primary amides is 1.